The van der Waals surface area contributed by atoms with Gasteiger partial charge in [-0.05, 0) is 40.9 Å². The van der Waals surface area contributed by atoms with E-state index in [0.717, 1.165) is 17.9 Å². The lowest BCUT2D eigenvalue weighted by Gasteiger charge is -2.17. The van der Waals surface area contributed by atoms with Crippen LogP contribution < -0.4 is 10.1 Å². The summed E-state index contributed by atoms with van der Waals surface area (Å²) in [7, 11) is 0. The Kier molecular flexibility index (Phi) is 5.12. The molecular weight excluding hydrogens is 337 g/mol. The van der Waals surface area contributed by atoms with Gasteiger partial charge in [0.05, 0.1) is 10.0 Å². The lowest BCUT2D eigenvalue weighted by molar-refractivity contribution is 0.445. The van der Waals surface area contributed by atoms with Crippen molar-refractivity contribution in [3.63, 3.8) is 0 Å². The first-order valence-corrected chi connectivity index (χ1v) is 7.53. The Bertz CT molecular complexity index is 634. The van der Waals surface area contributed by atoms with Crippen LogP contribution in [-0.4, -0.2) is 16.5 Å². The monoisotopic (exact) mass is 353 g/mol. The molecule has 1 N–H and O–H groups in total. The molecule has 0 unspecified atom stereocenters. The molecule has 0 aliphatic rings. The second-order valence-corrected chi connectivity index (χ2v) is 5.66. The number of aromatic nitrogens is 2. The summed E-state index contributed by atoms with van der Waals surface area (Å²) in [5, 5.41) is 3.19. The normalized spacial score (nSPS) is 10.8. The Hall–Kier alpha value is -1.69. The smallest absolute Gasteiger partial charge is 0.227 e. The molecule has 4 nitrogen and oxygen atoms in total. The minimum Gasteiger partial charge on any atom is -0.437 e. The molecule has 2 aromatic rings. The molecule has 1 aromatic heterocycles. The maximum atomic E-state index is 13.4. The van der Waals surface area contributed by atoms with Gasteiger partial charge in [-0.15, -0.1) is 0 Å². The van der Waals surface area contributed by atoms with Gasteiger partial charge in [-0.2, -0.15) is 0 Å². The first kappa shape index (κ1) is 15.7. The highest BCUT2D eigenvalue weighted by Gasteiger charge is 2.17. The molecule has 1 heterocycles. The highest BCUT2D eigenvalue weighted by atomic mass is 79.9. The molecule has 0 spiro atoms. The molecule has 0 bridgehead atoms. The van der Waals surface area contributed by atoms with Gasteiger partial charge in [-0.3, -0.25) is 0 Å². The number of hydrogen-bond donors (Lipinski definition) is 1. The second-order valence-electron chi connectivity index (χ2n) is 4.80. The van der Waals surface area contributed by atoms with E-state index in [-0.39, 0.29) is 11.7 Å². The molecule has 0 atom stereocenters. The average molecular weight is 354 g/mol. The molecule has 0 aliphatic heterocycles. The molecule has 2 rings (SSSR count). The van der Waals surface area contributed by atoms with Crippen molar-refractivity contribution in [3.8, 4) is 11.6 Å². The third kappa shape index (κ3) is 3.69. The Labute approximate surface area is 131 Å². The topological polar surface area (TPSA) is 47.0 Å². The molecular formula is C15H17BrFN3O. The summed E-state index contributed by atoms with van der Waals surface area (Å²) in [4.78, 5) is 8.44. The van der Waals surface area contributed by atoms with Crippen LogP contribution in [0.3, 0.4) is 0 Å². The Morgan fingerprint density at radius 1 is 1.33 bits per heavy atom. The molecule has 0 fully saturated rings. The summed E-state index contributed by atoms with van der Waals surface area (Å²) in [5.41, 5.74) is 0.871. The van der Waals surface area contributed by atoms with Crippen molar-refractivity contribution in [2.45, 2.75) is 26.7 Å². The fraction of sp³-hybridized carbons (Fsp3) is 0.333. The fourth-order valence-electron chi connectivity index (χ4n) is 1.95. The molecule has 0 saturated carbocycles. The maximum Gasteiger partial charge on any atom is 0.227 e. The van der Waals surface area contributed by atoms with Gasteiger partial charge in [0.15, 0.2) is 0 Å². The molecule has 0 aliphatic carbocycles. The summed E-state index contributed by atoms with van der Waals surface area (Å²) in [5.74, 6) is 1.37. The van der Waals surface area contributed by atoms with E-state index in [2.05, 4.69) is 31.2 Å². The summed E-state index contributed by atoms with van der Waals surface area (Å²) in [6.45, 7) is 6.82. The van der Waals surface area contributed by atoms with Crippen molar-refractivity contribution in [2.75, 3.05) is 11.9 Å². The molecule has 0 amide bonds. The number of halogens is 2. The molecule has 21 heavy (non-hydrogen) atoms. The first-order valence-electron chi connectivity index (χ1n) is 6.74. The number of ether oxygens (including phenoxy) is 1. The van der Waals surface area contributed by atoms with Crippen molar-refractivity contribution in [1.29, 1.82) is 0 Å². The summed E-state index contributed by atoms with van der Waals surface area (Å²) >= 11 is 3.35. The zero-order chi connectivity index (χ0) is 15.4. The number of rotatable bonds is 5. The van der Waals surface area contributed by atoms with Gasteiger partial charge in [0.2, 0.25) is 5.88 Å². The predicted octanol–water partition coefficient (Wildman–Crippen LogP) is 4.73. The van der Waals surface area contributed by atoms with Gasteiger partial charge in [0.25, 0.3) is 0 Å². The number of hydrogen-bond acceptors (Lipinski definition) is 4. The quantitative estimate of drug-likeness (QED) is 0.844. The van der Waals surface area contributed by atoms with Crippen molar-refractivity contribution in [2.24, 2.45) is 0 Å². The number of nitrogens with one attached hydrogen (secondary N) is 1. The highest BCUT2D eigenvalue weighted by molar-refractivity contribution is 9.10. The van der Waals surface area contributed by atoms with E-state index in [9.17, 15) is 4.39 Å². The number of nitrogens with zero attached hydrogens (tertiary/aromatic N) is 2. The van der Waals surface area contributed by atoms with Gasteiger partial charge in [-0.1, -0.05) is 13.8 Å². The van der Waals surface area contributed by atoms with Gasteiger partial charge in [0, 0.05) is 12.6 Å². The molecule has 0 saturated heterocycles. The van der Waals surface area contributed by atoms with Gasteiger partial charge in [0.1, 0.15) is 23.7 Å². The first-order chi connectivity index (χ1) is 10.0. The summed E-state index contributed by atoms with van der Waals surface area (Å²) in [6, 6.07) is 4.29. The van der Waals surface area contributed by atoms with Crippen LogP contribution in [0.2, 0.25) is 0 Å². The van der Waals surface area contributed by atoms with E-state index < -0.39 is 0 Å². The van der Waals surface area contributed by atoms with Crippen LogP contribution >= 0.6 is 15.9 Å². The molecule has 6 heteroatoms. The van der Waals surface area contributed by atoms with E-state index in [0.29, 0.717) is 16.1 Å². The van der Waals surface area contributed by atoms with E-state index in [4.69, 9.17) is 4.74 Å². The van der Waals surface area contributed by atoms with Crippen molar-refractivity contribution >= 4 is 21.7 Å². The third-order valence-electron chi connectivity index (χ3n) is 2.87. The van der Waals surface area contributed by atoms with E-state index in [1.165, 1.54) is 18.5 Å². The van der Waals surface area contributed by atoms with Gasteiger partial charge < -0.3 is 10.1 Å². The van der Waals surface area contributed by atoms with Crippen LogP contribution in [0.4, 0.5) is 10.2 Å². The van der Waals surface area contributed by atoms with Crippen LogP contribution in [-0.2, 0) is 0 Å². The molecule has 0 radical (unpaired) electrons. The molecule has 112 valence electrons. The number of benzene rings is 1. The third-order valence-corrected chi connectivity index (χ3v) is 3.52. The zero-order valence-corrected chi connectivity index (χ0v) is 13.7. The van der Waals surface area contributed by atoms with Crippen LogP contribution in [0.25, 0.3) is 0 Å². The van der Waals surface area contributed by atoms with E-state index >= 15 is 0 Å². The zero-order valence-electron chi connectivity index (χ0n) is 12.2. The SMILES string of the molecule is CCNc1ncnc(Oc2cc(F)ccc2Br)c1C(C)C. The Morgan fingerprint density at radius 2 is 2.10 bits per heavy atom. The van der Waals surface area contributed by atoms with Crippen LogP contribution in [0.5, 0.6) is 11.6 Å². The summed E-state index contributed by atoms with van der Waals surface area (Å²) < 4.78 is 19.8. The predicted molar refractivity (Wildman–Crippen MR) is 84.5 cm³/mol. The van der Waals surface area contributed by atoms with Crippen molar-refractivity contribution in [1.82, 2.24) is 9.97 Å². The standard InChI is InChI=1S/C15H17BrFN3O/c1-4-18-14-13(9(2)3)15(20-8-19-14)21-12-7-10(17)5-6-11(12)16/h5-9H,4H2,1-3H3,(H,18,19,20). The van der Waals surface area contributed by atoms with Gasteiger partial charge >= 0.3 is 0 Å². The fourth-order valence-corrected chi connectivity index (χ4v) is 2.28. The summed E-state index contributed by atoms with van der Waals surface area (Å²) in [6.07, 6.45) is 1.44. The van der Waals surface area contributed by atoms with Gasteiger partial charge in [-0.25, -0.2) is 14.4 Å². The van der Waals surface area contributed by atoms with Crippen LogP contribution in [0.1, 0.15) is 32.3 Å². The Balaban J connectivity index is 2.43. The largest absolute Gasteiger partial charge is 0.437 e. The Morgan fingerprint density at radius 3 is 2.76 bits per heavy atom. The average Bonchev–Trinajstić information content (AvgIpc) is 2.43. The van der Waals surface area contributed by atoms with E-state index in [1.807, 2.05) is 20.8 Å². The maximum absolute atomic E-state index is 13.4. The lowest BCUT2D eigenvalue weighted by atomic mass is 10.1. The minimum absolute atomic E-state index is 0.169. The van der Waals surface area contributed by atoms with Crippen LogP contribution in [0.15, 0.2) is 29.0 Å². The van der Waals surface area contributed by atoms with Crippen LogP contribution in [0, 0.1) is 5.82 Å². The second kappa shape index (κ2) is 6.85. The van der Waals surface area contributed by atoms with Crippen molar-refractivity contribution < 1.29 is 9.13 Å². The highest BCUT2D eigenvalue weighted by Crippen LogP contribution is 2.35. The van der Waals surface area contributed by atoms with Crippen molar-refractivity contribution in [3.05, 3.63) is 40.4 Å². The molecule has 1 aromatic carbocycles. The minimum atomic E-state index is -0.361. The number of anilines is 1. The van der Waals surface area contributed by atoms with E-state index in [1.54, 1.807) is 6.07 Å². The lowest BCUT2D eigenvalue weighted by Crippen LogP contribution is -2.07.